The van der Waals surface area contributed by atoms with E-state index in [0.29, 0.717) is 0 Å². The number of hydrogen-bond donors (Lipinski definition) is 5. The number of nitrogens with one attached hydrogen (secondary N) is 1. The normalized spacial score (nSPS) is 9.19. The molecule has 0 unspecified atom stereocenters. The van der Waals surface area contributed by atoms with Crippen LogP contribution in [0, 0.1) is 0 Å². The summed E-state index contributed by atoms with van der Waals surface area (Å²) in [5, 5.41) is 35.6. The van der Waals surface area contributed by atoms with Gasteiger partial charge in [-0.15, -0.1) is 0 Å². The van der Waals surface area contributed by atoms with Crippen molar-refractivity contribution in [1.82, 2.24) is 4.98 Å². The Morgan fingerprint density at radius 2 is 1.16 bits per heavy atom. The highest BCUT2D eigenvalue weighted by Crippen LogP contribution is 2.09. The molecule has 0 fully saturated rings. The molecule has 0 bridgehead atoms. The first-order valence-electron chi connectivity index (χ1n) is 9.93. The maximum atomic E-state index is 10.6. The van der Waals surface area contributed by atoms with Gasteiger partial charge in [0, 0.05) is 11.7 Å². The molecule has 0 aliphatic rings. The number of carbonyl (C=O) groups excluding carboxylic acids is 3. The molecule has 3 aromatic heterocycles. The van der Waals surface area contributed by atoms with Crippen LogP contribution in [0.2, 0.25) is 0 Å². The van der Waals surface area contributed by atoms with Gasteiger partial charge in [-0.1, -0.05) is 30.3 Å². The molecule has 4 aromatic rings. The van der Waals surface area contributed by atoms with Crippen LogP contribution in [0.25, 0.3) is 10.9 Å². The van der Waals surface area contributed by atoms with E-state index in [-0.39, 0.29) is 11.4 Å². The van der Waals surface area contributed by atoms with Crippen LogP contribution in [-0.4, -0.2) is 45.4 Å². The van der Waals surface area contributed by atoms with Crippen LogP contribution in [0.15, 0.2) is 85.3 Å². The third kappa shape index (κ3) is 9.93. The van der Waals surface area contributed by atoms with E-state index in [1.54, 1.807) is 0 Å². The number of hydrogen-bond acceptors (Lipinski definition) is 7. The lowest BCUT2D eigenvalue weighted by Crippen LogP contribution is -2.53. The number of nitrogens with zero attached hydrogens (tertiary/aromatic N) is 2. The summed E-state index contributed by atoms with van der Waals surface area (Å²) in [5.74, 6) is -2.62. The van der Waals surface area contributed by atoms with Crippen molar-refractivity contribution >= 4 is 41.1 Å². The van der Waals surface area contributed by atoms with Crippen molar-refractivity contribution in [3.8, 4) is 0 Å². The van der Waals surface area contributed by atoms with E-state index >= 15 is 0 Å². The highest BCUT2D eigenvalue weighted by Gasteiger charge is 2.17. The molecule has 7 N–H and O–H groups in total. The number of carboxylic acids is 2. The van der Waals surface area contributed by atoms with Gasteiger partial charge in [-0.05, 0) is 41.8 Å². The number of amides is 2. The zero-order chi connectivity index (χ0) is 28.0. The summed E-state index contributed by atoms with van der Waals surface area (Å²) >= 11 is 0. The first-order chi connectivity index (χ1) is 17.5. The molecule has 0 atom stereocenters. The summed E-state index contributed by atoms with van der Waals surface area (Å²) in [6, 6.07) is 17.2. The summed E-state index contributed by atoms with van der Waals surface area (Å²) in [7, 11) is 0. The van der Waals surface area contributed by atoms with Crippen LogP contribution in [0.4, 0.5) is 14.4 Å². The lowest BCUT2D eigenvalue weighted by Gasteiger charge is -2.02. The number of pyridine rings is 2. The lowest BCUT2D eigenvalue weighted by atomic mass is 10.3. The van der Waals surface area contributed by atoms with Gasteiger partial charge in [-0.3, -0.25) is 11.5 Å². The molecular formula is C23H21N5O9. The number of fused-ring (bicyclic) bond motifs is 1. The van der Waals surface area contributed by atoms with E-state index in [9.17, 15) is 24.3 Å². The van der Waals surface area contributed by atoms with Crippen molar-refractivity contribution in [2.75, 3.05) is 0 Å². The molecule has 0 aliphatic heterocycles. The Labute approximate surface area is 208 Å². The van der Waals surface area contributed by atoms with Gasteiger partial charge in [0.05, 0.1) is 0 Å². The number of aromatic nitrogens is 3. The van der Waals surface area contributed by atoms with Gasteiger partial charge in [0.1, 0.15) is 18.4 Å². The standard InChI is InChI=1S/C8H7N.2C7H6N2O3.CH2O3/c1-2-4-8-7(3-1)5-6-9-8;2*8-7(12)9-4-2-1-3-5(9)6(10)11;2-1(3)4/h1-6,9H;2*1-4H,(H2-,8,10,11,12);(H2,2,3,4). The first kappa shape index (κ1) is 29.2. The lowest BCUT2D eigenvalue weighted by molar-refractivity contribution is -0.576. The molecule has 3 heterocycles. The second-order valence-corrected chi connectivity index (χ2v) is 6.51. The van der Waals surface area contributed by atoms with Crippen molar-refractivity contribution < 1.29 is 53.5 Å². The second-order valence-electron chi connectivity index (χ2n) is 6.51. The van der Waals surface area contributed by atoms with Gasteiger partial charge in [0.15, 0.2) is 5.69 Å². The molecule has 4 rings (SSSR count). The van der Waals surface area contributed by atoms with Gasteiger partial charge in [0.25, 0.3) is 0 Å². The molecule has 192 valence electrons. The number of H-pyrrole nitrogens is 1. The van der Waals surface area contributed by atoms with Crippen LogP contribution >= 0.6 is 0 Å². The molecule has 14 nitrogen and oxygen atoms in total. The molecule has 2 amide bonds. The third-order valence-corrected chi connectivity index (χ3v) is 4.09. The van der Waals surface area contributed by atoms with Crippen molar-refractivity contribution in [2.24, 2.45) is 11.5 Å². The average Bonchev–Trinajstić information content (AvgIpc) is 3.33. The summed E-state index contributed by atoms with van der Waals surface area (Å²) in [6.45, 7) is 0. The number of aromatic carboxylic acids is 2. The Bertz CT molecular complexity index is 1230. The minimum absolute atomic E-state index is 0.148. The number of carbonyl (C=O) groups is 5. The first-order valence-corrected chi connectivity index (χ1v) is 9.93. The average molecular weight is 511 g/mol. The molecule has 14 heteroatoms. The number of nitrogens with two attached hydrogens (primary N) is 2. The quantitative estimate of drug-likeness (QED) is 0.205. The van der Waals surface area contributed by atoms with E-state index in [1.165, 1.54) is 59.7 Å². The number of benzene rings is 1. The summed E-state index contributed by atoms with van der Waals surface area (Å²) < 4.78 is 1.66. The minimum Gasteiger partial charge on any atom is -0.565 e. The van der Waals surface area contributed by atoms with Gasteiger partial charge in [-0.25, -0.2) is 4.79 Å². The largest absolute Gasteiger partial charge is 0.565 e. The smallest absolute Gasteiger partial charge is 0.494 e. The van der Waals surface area contributed by atoms with Crippen LogP contribution in [0.3, 0.4) is 0 Å². The summed E-state index contributed by atoms with van der Waals surface area (Å²) in [5.41, 5.74) is 10.6. The Hall–Kier alpha value is -5.79. The van der Waals surface area contributed by atoms with E-state index in [1.807, 2.05) is 18.3 Å². The van der Waals surface area contributed by atoms with Gasteiger partial charge in [0.2, 0.25) is 11.8 Å². The van der Waals surface area contributed by atoms with E-state index in [0.717, 1.165) is 9.13 Å². The molecule has 0 aliphatic carbocycles. The Morgan fingerprint density at radius 3 is 1.57 bits per heavy atom. The maximum absolute atomic E-state index is 10.6. The predicted octanol–water partition coefficient (Wildman–Crippen LogP) is -1.08. The molecule has 0 spiro atoms. The molecule has 37 heavy (non-hydrogen) atoms. The molecule has 0 radical (unpaired) electrons. The Morgan fingerprint density at radius 1 is 0.703 bits per heavy atom. The Kier molecular flexibility index (Phi) is 11.4. The fraction of sp³-hybridized carbons (Fsp3) is 0. The maximum Gasteiger partial charge on any atom is 0.494 e. The summed E-state index contributed by atoms with van der Waals surface area (Å²) in [6.07, 6.45) is 2.42. The van der Waals surface area contributed by atoms with Crippen molar-refractivity contribution in [1.29, 1.82) is 0 Å². The number of primary amides is 2. The van der Waals surface area contributed by atoms with Crippen LogP contribution in [0.5, 0.6) is 0 Å². The monoisotopic (exact) mass is 511 g/mol. The topological polar surface area (TPSA) is 248 Å². The Balaban J connectivity index is 0.000000260. The molecular weight excluding hydrogens is 490 g/mol. The number of aromatic amines is 1. The van der Waals surface area contributed by atoms with Gasteiger partial charge >= 0.3 is 18.0 Å². The molecule has 0 saturated heterocycles. The van der Waals surface area contributed by atoms with Crippen LogP contribution in [0.1, 0.15) is 21.0 Å². The fourth-order valence-electron chi connectivity index (χ4n) is 2.61. The SMILES string of the molecule is NC(=O)[n+]1ccccc1C(=O)O.NC(=O)[n+]1ccccc1C(=O)[O-].O=C([O-])O.c1ccc2[nH]ccc2c1. The van der Waals surface area contributed by atoms with Crippen molar-refractivity contribution in [3.05, 3.63) is 96.7 Å². The van der Waals surface area contributed by atoms with Gasteiger partial charge in [-0.2, -0.15) is 18.7 Å². The zero-order valence-corrected chi connectivity index (χ0v) is 18.9. The highest BCUT2D eigenvalue weighted by molar-refractivity contribution is 5.85. The molecule has 1 aromatic carbocycles. The number of para-hydroxylation sites is 1. The van der Waals surface area contributed by atoms with E-state index in [2.05, 4.69) is 23.2 Å². The van der Waals surface area contributed by atoms with Crippen LogP contribution < -0.4 is 30.8 Å². The van der Waals surface area contributed by atoms with Crippen LogP contribution in [-0.2, 0) is 0 Å². The van der Waals surface area contributed by atoms with E-state index < -0.39 is 30.2 Å². The minimum atomic E-state index is -2.08. The second kappa shape index (κ2) is 14.5. The molecule has 0 saturated carbocycles. The fourth-order valence-corrected chi connectivity index (χ4v) is 2.61. The van der Waals surface area contributed by atoms with Gasteiger partial charge < -0.3 is 35.0 Å². The third-order valence-electron chi connectivity index (χ3n) is 4.09. The van der Waals surface area contributed by atoms with E-state index in [4.69, 9.17) is 31.6 Å². The zero-order valence-electron chi connectivity index (χ0n) is 18.9. The number of carboxylic acid groups (broad SMARTS) is 4. The van der Waals surface area contributed by atoms with Crippen molar-refractivity contribution in [3.63, 3.8) is 0 Å². The number of rotatable bonds is 2. The van der Waals surface area contributed by atoms with Crippen molar-refractivity contribution in [2.45, 2.75) is 0 Å². The highest BCUT2D eigenvalue weighted by atomic mass is 16.6. The predicted molar refractivity (Wildman–Crippen MR) is 121 cm³/mol. The summed E-state index contributed by atoms with van der Waals surface area (Å²) in [4.78, 5) is 53.7.